The summed E-state index contributed by atoms with van der Waals surface area (Å²) in [6.45, 7) is -0.252. The molecule has 2 aromatic heterocycles. The summed E-state index contributed by atoms with van der Waals surface area (Å²) in [6.07, 6.45) is -5.18. The lowest BCUT2D eigenvalue weighted by molar-refractivity contribution is -0.237. The van der Waals surface area contributed by atoms with Gasteiger partial charge in [-0.15, -0.1) is 6.42 Å². The highest BCUT2D eigenvalue weighted by atomic mass is 19.4. The normalized spacial score (nSPS) is 21.8. The number of ether oxygens (including phenoxy) is 1. The summed E-state index contributed by atoms with van der Waals surface area (Å²) >= 11 is 0. The smallest absolute Gasteiger partial charge is 0.381 e. The van der Waals surface area contributed by atoms with Crippen molar-refractivity contribution in [2.24, 2.45) is 0 Å². The number of terminal acetylenes is 1. The second-order valence-corrected chi connectivity index (χ2v) is 5.76. The molecular weight excluding hydrogens is 359 g/mol. The quantitative estimate of drug-likeness (QED) is 0.634. The standard InChI is InChI=1S/C14H14F3N5O4/c1-2-5-21-8-10(19-12(18)20-11(8)24)22(13(21)25)7-4-3-6(26-7)9(23)14(15,16)17/h1,6-7,9,23H,3-5H2,(H3,18,19,20,24). The number of aromatic nitrogens is 4. The number of aromatic amines is 1. The van der Waals surface area contributed by atoms with Crippen LogP contribution < -0.4 is 17.0 Å². The Morgan fingerprint density at radius 1 is 1.46 bits per heavy atom. The second kappa shape index (κ2) is 6.19. The molecule has 3 unspecified atom stereocenters. The summed E-state index contributed by atoms with van der Waals surface area (Å²) in [5, 5.41) is 9.35. The molecule has 9 nitrogen and oxygen atoms in total. The molecule has 3 atom stereocenters. The molecule has 4 N–H and O–H groups in total. The highest BCUT2D eigenvalue weighted by Gasteiger charge is 2.47. The number of nitrogen functional groups attached to an aromatic ring is 1. The van der Waals surface area contributed by atoms with E-state index in [4.69, 9.17) is 16.9 Å². The van der Waals surface area contributed by atoms with Crippen LogP contribution in [0.5, 0.6) is 0 Å². The third kappa shape index (κ3) is 2.85. The van der Waals surface area contributed by atoms with E-state index in [-0.39, 0.29) is 36.5 Å². The van der Waals surface area contributed by atoms with E-state index in [1.165, 1.54) is 0 Å². The van der Waals surface area contributed by atoms with Crippen molar-refractivity contribution < 1.29 is 23.0 Å². The molecule has 0 radical (unpaired) electrons. The number of aliphatic hydroxyl groups is 1. The summed E-state index contributed by atoms with van der Waals surface area (Å²) in [5.41, 5.74) is 3.69. The highest BCUT2D eigenvalue weighted by Crippen LogP contribution is 2.35. The average molecular weight is 373 g/mol. The number of fused-ring (bicyclic) bond motifs is 1. The number of aliphatic hydroxyl groups excluding tert-OH is 1. The first kappa shape index (κ1) is 18.0. The van der Waals surface area contributed by atoms with Crippen molar-refractivity contribution in [2.75, 3.05) is 5.73 Å². The molecule has 1 fully saturated rings. The van der Waals surface area contributed by atoms with Crippen LogP contribution in [0, 0.1) is 12.3 Å². The zero-order valence-electron chi connectivity index (χ0n) is 13.2. The van der Waals surface area contributed by atoms with Gasteiger partial charge >= 0.3 is 11.9 Å². The lowest BCUT2D eigenvalue weighted by Crippen LogP contribution is -2.39. The summed E-state index contributed by atoms with van der Waals surface area (Å²) in [7, 11) is 0. The number of halogens is 3. The first-order valence-corrected chi connectivity index (χ1v) is 7.49. The Morgan fingerprint density at radius 2 is 2.15 bits per heavy atom. The predicted molar refractivity (Wildman–Crippen MR) is 83.1 cm³/mol. The fourth-order valence-corrected chi connectivity index (χ4v) is 2.97. The third-order valence-electron chi connectivity index (χ3n) is 4.08. The zero-order chi connectivity index (χ0) is 19.2. The van der Waals surface area contributed by atoms with E-state index in [9.17, 15) is 27.9 Å². The van der Waals surface area contributed by atoms with Crippen LogP contribution in [0.3, 0.4) is 0 Å². The van der Waals surface area contributed by atoms with E-state index in [1.54, 1.807) is 0 Å². The van der Waals surface area contributed by atoms with Gasteiger partial charge in [-0.25, -0.2) is 9.36 Å². The van der Waals surface area contributed by atoms with E-state index in [0.717, 1.165) is 9.13 Å². The van der Waals surface area contributed by atoms with Crippen LogP contribution in [0.15, 0.2) is 9.59 Å². The summed E-state index contributed by atoms with van der Waals surface area (Å²) in [6, 6.07) is 0. The largest absolute Gasteiger partial charge is 0.416 e. The first-order chi connectivity index (χ1) is 12.1. The topological polar surface area (TPSA) is 128 Å². The molecule has 2 aromatic rings. The van der Waals surface area contributed by atoms with E-state index >= 15 is 0 Å². The van der Waals surface area contributed by atoms with Crippen LogP contribution in [-0.2, 0) is 11.3 Å². The number of nitrogens with one attached hydrogen (secondary N) is 1. The van der Waals surface area contributed by atoms with Crippen LogP contribution in [0.2, 0.25) is 0 Å². The van der Waals surface area contributed by atoms with Crippen LogP contribution >= 0.6 is 0 Å². The number of hydrogen-bond donors (Lipinski definition) is 3. The molecule has 12 heteroatoms. The van der Waals surface area contributed by atoms with Gasteiger partial charge in [0.1, 0.15) is 6.23 Å². The molecule has 0 saturated carbocycles. The minimum absolute atomic E-state index is 0.00125. The lowest BCUT2D eigenvalue weighted by atomic mass is 10.1. The first-order valence-electron chi connectivity index (χ1n) is 7.49. The summed E-state index contributed by atoms with van der Waals surface area (Å²) < 4.78 is 45.1. The van der Waals surface area contributed by atoms with E-state index in [2.05, 4.69) is 15.9 Å². The van der Waals surface area contributed by atoms with Gasteiger partial charge in [0.2, 0.25) is 5.95 Å². The molecule has 0 spiro atoms. The Kier molecular flexibility index (Phi) is 4.29. The van der Waals surface area contributed by atoms with Crippen molar-refractivity contribution in [3.63, 3.8) is 0 Å². The van der Waals surface area contributed by atoms with Crippen LogP contribution in [0.25, 0.3) is 11.2 Å². The molecule has 26 heavy (non-hydrogen) atoms. The molecule has 0 aromatic carbocycles. The van der Waals surface area contributed by atoms with Crippen molar-refractivity contribution in [3.8, 4) is 12.3 Å². The van der Waals surface area contributed by atoms with Crippen molar-refractivity contribution in [3.05, 3.63) is 20.8 Å². The fourth-order valence-electron chi connectivity index (χ4n) is 2.97. The zero-order valence-corrected chi connectivity index (χ0v) is 13.2. The van der Waals surface area contributed by atoms with Crippen molar-refractivity contribution in [1.82, 2.24) is 19.1 Å². The van der Waals surface area contributed by atoms with Crippen molar-refractivity contribution >= 4 is 17.1 Å². The van der Waals surface area contributed by atoms with E-state index < -0.39 is 35.9 Å². The monoisotopic (exact) mass is 373 g/mol. The maximum absolute atomic E-state index is 12.7. The van der Waals surface area contributed by atoms with Gasteiger partial charge in [-0.2, -0.15) is 18.2 Å². The maximum atomic E-state index is 12.7. The molecule has 3 rings (SSSR count). The molecular formula is C14H14F3N5O4. The molecule has 1 aliphatic rings. The molecule has 3 heterocycles. The Balaban J connectivity index is 2.10. The minimum Gasteiger partial charge on any atom is -0.381 e. The van der Waals surface area contributed by atoms with Gasteiger partial charge < -0.3 is 15.6 Å². The molecule has 0 bridgehead atoms. The van der Waals surface area contributed by atoms with E-state index in [1.807, 2.05) is 0 Å². The number of anilines is 1. The van der Waals surface area contributed by atoms with Gasteiger partial charge in [0, 0.05) is 0 Å². The Hall–Kier alpha value is -2.78. The fraction of sp³-hybridized carbons (Fsp3) is 0.500. The molecule has 1 saturated heterocycles. The number of rotatable bonds is 3. The number of imidazole rings is 1. The van der Waals surface area contributed by atoms with Gasteiger partial charge in [-0.3, -0.25) is 14.3 Å². The predicted octanol–water partition coefficient (Wildman–Crippen LogP) is -0.298. The van der Waals surface area contributed by atoms with Gasteiger partial charge in [0.25, 0.3) is 5.56 Å². The van der Waals surface area contributed by atoms with Crippen LogP contribution in [0.4, 0.5) is 19.1 Å². The van der Waals surface area contributed by atoms with Crippen LogP contribution in [-0.4, -0.2) is 42.6 Å². The third-order valence-corrected chi connectivity index (χ3v) is 4.08. The van der Waals surface area contributed by atoms with Crippen LogP contribution in [0.1, 0.15) is 19.1 Å². The summed E-state index contributed by atoms with van der Waals surface area (Å²) in [4.78, 5) is 30.9. The minimum atomic E-state index is -4.86. The second-order valence-electron chi connectivity index (χ2n) is 5.76. The number of alkyl halides is 3. The Morgan fingerprint density at radius 3 is 2.77 bits per heavy atom. The van der Waals surface area contributed by atoms with Gasteiger partial charge in [0.15, 0.2) is 17.3 Å². The average Bonchev–Trinajstić information content (AvgIpc) is 3.10. The lowest BCUT2D eigenvalue weighted by Gasteiger charge is -2.21. The van der Waals surface area contributed by atoms with E-state index in [0.29, 0.717) is 0 Å². The molecule has 1 aliphatic heterocycles. The molecule has 0 aliphatic carbocycles. The van der Waals surface area contributed by atoms with Gasteiger partial charge in [-0.1, -0.05) is 5.92 Å². The Labute approximate surface area is 143 Å². The number of nitrogens with zero attached hydrogens (tertiary/aromatic N) is 3. The number of H-pyrrole nitrogens is 1. The van der Waals surface area contributed by atoms with Crippen molar-refractivity contribution in [2.45, 2.75) is 44.0 Å². The van der Waals surface area contributed by atoms with Gasteiger partial charge in [-0.05, 0) is 12.8 Å². The molecule has 0 amide bonds. The Bertz CT molecular complexity index is 999. The molecule has 140 valence electrons. The van der Waals surface area contributed by atoms with Crippen molar-refractivity contribution in [1.29, 1.82) is 0 Å². The SMILES string of the molecule is C#CCn1c(=O)n(C2CCC(C(O)C(F)(F)F)O2)c2nc(N)[nH]c(=O)c21. The maximum Gasteiger partial charge on any atom is 0.416 e. The summed E-state index contributed by atoms with van der Waals surface area (Å²) in [5.74, 6) is 1.94. The number of nitrogens with two attached hydrogens (primary N) is 1. The van der Waals surface area contributed by atoms with Gasteiger partial charge in [0.05, 0.1) is 12.6 Å². The highest BCUT2D eigenvalue weighted by molar-refractivity contribution is 5.71. The number of hydrogen-bond acceptors (Lipinski definition) is 6.